The quantitative estimate of drug-likeness (QED) is 0.678. The van der Waals surface area contributed by atoms with Crippen LogP contribution in [0.1, 0.15) is 18.1 Å². The summed E-state index contributed by atoms with van der Waals surface area (Å²) in [6.07, 6.45) is -0.861. The van der Waals surface area contributed by atoms with Crippen LogP contribution >= 0.6 is 0 Å². The molecule has 0 radical (unpaired) electrons. The van der Waals surface area contributed by atoms with Crippen LogP contribution < -0.4 is 10.1 Å². The van der Waals surface area contributed by atoms with Crippen LogP contribution in [0.2, 0.25) is 0 Å². The van der Waals surface area contributed by atoms with Gasteiger partial charge in [-0.05, 0) is 55.0 Å². The highest BCUT2D eigenvalue weighted by Gasteiger charge is 2.30. The molecular formula is C22H20F3N3O2. The van der Waals surface area contributed by atoms with Gasteiger partial charge in [-0.2, -0.15) is 13.2 Å². The number of halogens is 3. The van der Waals surface area contributed by atoms with Gasteiger partial charge >= 0.3 is 6.18 Å². The maximum atomic E-state index is 12.6. The number of carbonyl (C=O) groups excluding carboxylic acids is 1. The van der Waals surface area contributed by atoms with Gasteiger partial charge in [0.15, 0.2) is 0 Å². The maximum Gasteiger partial charge on any atom is 0.416 e. The van der Waals surface area contributed by atoms with Gasteiger partial charge in [0.1, 0.15) is 17.3 Å². The van der Waals surface area contributed by atoms with Crippen molar-refractivity contribution in [1.29, 1.82) is 5.41 Å². The summed E-state index contributed by atoms with van der Waals surface area (Å²) in [6, 6.07) is 11.2. The number of ether oxygens (including phenoxy) is 1. The number of nitrogens with one attached hydrogen (secondary N) is 2. The number of hydrogen-bond donors (Lipinski definition) is 2. The first-order valence-corrected chi connectivity index (χ1v) is 9.08. The van der Waals surface area contributed by atoms with E-state index in [1.165, 1.54) is 12.1 Å². The van der Waals surface area contributed by atoms with Crippen molar-refractivity contribution in [3.8, 4) is 5.75 Å². The Hall–Kier alpha value is -3.55. The van der Waals surface area contributed by atoms with Crippen LogP contribution in [0.15, 0.2) is 72.1 Å². The molecule has 2 aromatic carbocycles. The van der Waals surface area contributed by atoms with Gasteiger partial charge in [-0.3, -0.25) is 10.2 Å². The van der Waals surface area contributed by atoms with E-state index in [2.05, 4.69) is 5.32 Å². The lowest BCUT2D eigenvalue weighted by atomic mass is 10.1. The van der Waals surface area contributed by atoms with Gasteiger partial charge in [-0.1, -0.05) is 12.1 Å². The van der Waals surface area contributed by atoms with E-state index in [4.69, 9.17) is 10.1 Å². The van der Waals surface area contributed by atoms with Crippen molar-refractivity contribution in [3.05, 3.63) is 83.3 Å². The van der Waals surface area contributed by atoms with Crippen molar-refractivity contribution in [2.24, 2.45) is 0 Å². The Morgan fingerprint density at radius 1 is 1.10 bits per heavy atom. The van der Waals surface area contributed by atoms with Gasteiger partial charge in [-0.25, -0.2) is 0 Å². The topological polar surface area (TPSA) is 65.4 Å². The highest BCUT2D eigenvalue weighted by atomic mass is 19.4. The van der Waals surface area contributed by atoms with Gasteiger partial charge in [0.2, 0.25) is 5.91 Å². The Morgan fingerprint density at radius 2 is 1.73 bits per heavy atom. The van der Waals surface area contributed by atoms with Gasteiger partial charge in [0, 0.05) is 18.9 Å². The van der Waals surface area contributed by atoms with Crippen LogP contribution in [0.4, 0.5) is 18.9 Å². The molecule has 2 aromatic rings. The van der Waals surface area contributed by atoms with E-state index < -0.39 is 11.7 Å². The molecule has 1 amide bonds. The first kappa shape index (κ1) is 21.2. The van der Waals surface area contributed by atoms with Crippen LogP contribution in [-0.4, -0.2) is 23.7 Å². The summed E-state index contributed by atoms with van der Waals surface area (Å²) >= 11 is 0. The number of amidine groups is 1. The lowest BCUT2D eigenvalue weighted by Gasteiger charge is -2.12. The summed E-state index contributed by atoms with van der Waals surface area (Å²) in [5.41, 5.74) is 0.964. The molecule has 1 aliphatic heterocycles. The standard InChI is InChI=1S/C22H20F3N3O2/c1-14(19-11-12-28(2)21(19)26)30-18-9-7-17(8-10-18)27-20(29)13-15-3-5-16(6-4-15)22(23,24)25/h3-12,26H,13H2,1-2H3,(H,27,29)/b19-14+,26-21?. The highest BCUT2D eigenvalue weighted by molar-refractivity contribution is 6.01. The van der Waals surface area contributed by atoms with Gasteiger partial charge in [-0.15, -0.1) is 0 Å². The second-order valence-corrected chi connectivity index (χ2v) is 6.79. The fraction of sp³-hybridized carbons (Fsp3) is 0.182. The Labute approximate surface area is 172 Å². The number of amides is 1. The molecule has 1 aliphatic rings. The Kier molecular flexibility index (Phi) is 5.96. The van der Waals surface area contributed by atoms with Crippen molar-refractivity contribution in [2.75, 3.05) is 12.4 Å². The second-order valence-electron chi connectivity index (χ2n) is 6.79. The molecule has 0 bridgehead atoms. The van der Waals surface area contributed by atoms with E-state index in [0.29, 0.717) is 34.2 Å². The zero-order valence-corrected chi connectivity index (χ0v) is 16.4. The van der Waals surface area contributed by atoms with Crippen LogP contribution in [0.5, 0.6) is 5.75 Å². The lowest BCUT2D eigenvalue weighted by Crippen LogP contribution is -2.17. The summed E-state index contributed by atoms with van der Waals surface area (Å²) in [5.74, 6) is 1.14. The minimum absolute atomic E-state index is 0.0381. The monoisotopic (exact) mass is 415 g/mol. The lowest BCUT2D eigenvalue weighted by molar-refractivity contribution is -0.137. The van der Waals surface area contributed by atoms with E-state index in [9.17, 15) is 18.0 Å². The van der Waals surface area contributed by atoms with E-state index in [0.717, 1.165) is 12.1 Å². The zero-order valence-electron chi connectivity index (χ0n) is 16.4. The maximum absolute atomic E-state index is 12.6. The molecule has 0 atom stereocenters. The molecule has 3 rings (SSSR count). The van der Waals surface area contributed by atoms with Crippen LogP contribution in [0.3, 0.4) is 0 Å². The van der Waals surface area contributed by atoms with Crippen LogP contribution in [-0.2, 0) is 17.4 Å². The minimum atomic E-state index is -4.40. The number of rotatable bonds is 5. The van der Waals surface area contributed by atoms with Gasteiger partial charge in [0.25, 0.3) is 0 Å². The van der Waals surface area contributed by atoms with E-state index in [-0.39, 0.29) is 12.3 Å². The van der Waals surface area contributed by atoms with Crippen LogP contribution in [0.25, 0.3) is 0 Å². The number of likely N-dealkylation sites (N-methyl/N-ethyl adjacent to an activating group) is 1. The smallest absolute Gasteiger partial charge is 0.416 e. The third-order valence-electron chi connectivity index (χ3n) is 4.51. The van der Waals surface area contributed by atoms with Crippen molar-refractivity contribution < 1.29 is 22.7 Å². The summed E-state index contributed by atoms with van der Waals surface area (Å²) in [7, 11) is 1.78. The van der Waals surface area contributed by atoms with Gasteiger partial charge in [0.05, 0.1) is 17.6 Å². The molecule has 0 fully saturated rings. The van der Waals surface area contributed by atoms with Crippen molar-refractivity contribution in [2.45, 2.75) is 19.5 Å². The Balaban J connectivity index is 1.58. The number of hydrogen-bond acceptors (Lipinski definition) is 3. The van der Waals surface area contributed by atoms with E-state index in [1.807, 2.05) is 0 Å². The SMILES string of the molecule is C/C(Oc1ccc(NC(=O)Cc2ccc(C(F)(F)F)cc2)cc1)=C1/C=CN(C)C1=N. The van der Waals surface area contributed by atoms with E-state index >= 15 is 0 Å². The molecule has 156 valence electrons. The predicted molar refractivity (Wildman–Crippen MR) is 108 cm³/mol. The summed E-state index contributed by atoms with van der Waals surface area (Å²) < 4.78 is 43.6. The molecule has 8 heteroatoms. The molecule has 0 saturated carbocycles. The van der Waals surface area contributed by atoms with Crippen molar-refractivity contribution >= 4 is 17.4 Å². The molecule has 2 N–H and O–H groups in total. The number of nitrogens with zero attached hydrogens (tertiary/aromatic N) is 1. The van der Waals surface area contributed by atoms with E-state index in [1.54, 1.807) is 55.4 Å². The first-order chi connectivity index (χ1) is 14.1. The molecule has 5 nitrogen and oxygen atoms in total. The predicted octanol–water partition coefficient (Wildman–Crippen LogP) is 4.98. The van der Waals surface area contributed by atoms with Crippen molar-refractivity contribution in [3.63, 3.8) is 0 Å². The Morgan fingerprint density at radius 3 is 2.27 bits per heavy atom. The first-order valence-electron chi connectivity index (χ1n) is 9.08. The number of anilines is 1. The average Bonchev–Trinajstić information content (AvgIpc) is 3.02. The molecule has 0 unspecified atom stereocenters. The summed E-state index contributed by atoms with van der Waals surface area (Å²) in [5, 5.41) is 10.7. The highest BCUT2D eigenvalue weighted by Crippen LogP contribution is 2.29. The average molecular weight is 415 g/mol. The minimum Gasteiger partial charge on any atom is -0.461 e. The normalized spacial score (nSPS) is 15.4. The molecule has 0 aliphatic carbocycles. The number of benzene rings is 2. The summed E-state index contributed by atoms with van der Waals surface area (Å²) in [6.45, 7) is 1.77. The largest absolute Gasteiger partial charge is 0.461 e. The fourth-order valence-corrected chi connectivity index (χ4v) is 2.85. The molecule has 0 aromatic heterocycles. The third-order valence-corrected chi connectivity index (χ3v) is 4.51. The third kappa shape index (κ3) is 5.08. The number of allylic oxidation sites excluding steroid dienone is 1. The zero-order chi connectivity index (χ0) is 21.9. The molecule has 0 saturated heterocycles. The number of alkyl halides is 3. The van der Waals surface area contributed by atoms with Crippen molar-refractivity contribution in [1.82, 2.24) is 4.90 Å². The number of carbonyl (C=O) groups is 1. The summed E-state index contributed by atoms with van der Waals surface area (Å²) in [4.78, 5) is 13.8. The molecule has 0 spiro atoms. The van der Waals surface area contributed by atoms with Crippen LogP contribution in [0, 0.1) is 5.41 Å². The molecule has 30 heavy (non-hydrogen) atoms. The Bertz CT molecular complexity index is 1010. The second kappa shape index (κ2) is 8.44. The molecule has 1 heterocycles. The molecular weight excluding hydrogens is 395 g/mol. The fourth-order valence-electron chi connectivity index (χ4n) is 2.85. The van der Waals surface area contributed by atoms with Gasteiger partial charge < -0.3 is 15.0 Å².